The van der Waals surface area contributed by atoms with Gasteiger partial charge in [-0.2, -0.15) is 5.10 Å². The van der Waals surface area contributed by atoms with Crippen LogP contribution in [0.2, 0.25) is 10.0 Å². The summed E-state index contributed by atoms with van der Waals surface area (Å²) in [5.74, 6) is 0. The molecular formula is C14H17Cl2N3. The van der Waals surface area contributed by atoms with Gasteiger partial charge in [0, 0.05) is 24.7 Å². The zero-order chi connectivity index (χ0) is 14.0. The van der Waals surface area contributed by atoms with Crippen molar-refractivity contribution in [1.82, 2.24) is 15.1 Å². The Morgan fingerprint density at radius 2 is 2.00 bits per heavy atom. The van der Waals surface area contributed by atoms with Crippen LogP contribution in [0.25, 0.3) is 0 Å². The van der Waals surface area contributed by atoms with E-state index in [2.05, 4.69) is 17.3 Å². The summed E-state index contributed by atoms with van der Waals surface area (Å²) in [7, 11) is 1.90. The van der Waals surface area contributed by atoms with Crippen LogP contribution in [0, 0.1) is 6.92 Å². The number of rotatable bonds is 4. The molecule has 19 heavy (non-hydrogen) atoms. The first-order valence-electron chi connectivity index (χ1n) is 6.16. The predicted octanol–water partition coefficient (Wildman–Crippen LogP) is 3.89. The Balaban J connectivity index is 2.09. The van der Waals surface area contributed by atoms with Gasteiger partial charge in [0.1, 0.15) is 0 Å². The fraction of sp³-hybridized carbons (Fsp3) is 0.357. The first-order valence-corrected chi connectivity index (χ1v) is 6.92. The molecule has 1 atom stereocenters. The van der Waals surface area contributed by atoms with Gasteiger partial charge in [0.05, 0.1) is 16.4 Å². The smallest absolute Gasteiger partial charge is 0.0860 e. The maximum Gasteiger partial charge on any atom is 0.0860 e. The number of halogens is 2. The molecule has 0 radical (unpaired) electrons. The van der Waals surface area contributed by atoms with Gasteiger partial charge in [0.25, 0.3) is 0 Å². The molecule has 0 aliphatic rings. The van der Waals surface area contributed by atoms with Crippen molar-refractivity contribution < 1.29 is 0 Å². The summed E-state index contributed by atoms with van der Waals surface area (Å²) in [5.41, 5.74) is 2.92. The quantitative estimate of drug-likeness (QED) is 0.928. The maximum absolute atomic E-state index is 6.23. The van der Waals surface area contributed by atoms with Gasteiger partial charge < -0.3 is 5.32 Å². The standard InChI is InChI=1S/C14H17Cl2N3/c1-9(11-6-4-5-7-12(11)15)17-8-13-14(16)10(2)18-19(13)3/h4-7,9,17H,8H2,1-3H3. The lowest BCUT2D eigenvalue weighted by molar-refractivity contribution is 0.548. The van der Waals surface area contributed by atoms with Crippen molar-refractivity contribution >= 4 is 23.2 Å². The van der Waals surface area contributed by atoms with E-state index in [0.29, 0.717) is 6.54 Å². The molecule has 1 unspecified atom stereocenters. The van der Waals surface area contributed by atoms with Gasteiger partial charge in [-0.1, -0.05) is 41.4 Å². The lowest BCUT2D eigenvalue weighted by Crippen LogP contribution is -2.20. The highest BCUT2D eigenvalue weighted by Crippen LogP contribution is 2.24. The summed E-state index contributed by atoms with van der Waals surface area (Å²) < 4.78 is 1.81. The summed E-state index contributed by atoms with van der Waals surface area (Å²) in [6.07, 6.45) is 0. The van der Waals surface area contributed by atoms with Crippen LogP contribution in [0.5, 0.6) is 0 Å². The predicted molar refractivity (Wildman–Crippen MR) is 79.7 cm³/mol. The van der Waals surface area contributed by atoms with Gasteiger partial charge in [0.15, 0.2) is 0 Å². The van der Waals surface area contributed by atoms with Crippen LogP contribution in [0.3, 0.4) is 0 Å². The van der Waals surface area contributed by atoms with Gasteiger partial charge in [-0.25, -0.2) is 0 Å². The van der Waals surface area contributed by atoms with E-state index >= 15 is 0 Å². The Bertz CT molecular complexity index is 578. The van der Waals surface area contributed by atoms with Crippen molar-refractivity contribution in [2.75, 3.05) is 0 Å². The average molecular weight is 298 g/mol. The largest absolute Gasteiger partial charge is 0.304 e. The molecule has 0 amide bonds. The number of hydrogen-bond acceptors (Lipinski definition) is 2. The summed E-state index contributed by atoms with van der Waals surface area (Å²) in [6, 6.07) is 7.99. The minimum absolute atomic E-state index is 0.153. The summed E-state index contributed by atoms with van der Waals surface area (Å²) >= 11 is 12.4. The van der Waals surface area contributed by atoms with Crippen LogP contribution in [-0.4, -0.2) is 9.78 Å². The number of aromatic nitrogens is 2. The highest BCUT2D eigenvalue weighted by Gasteiger charge is 2.13. The Morgan fingerprint density at radius 3 is 2.58 bits per heavy atom. The molecule has 3 nitrogen and oxygen atoms in total. The van der Waals surface area contributed by atoms with Gasteiger partial charge in [-0.05, 0) is 25.5 Å². The zero-order valence-corrected chi connectivity index (χ0v) is 12.8. The van der Waals surface area contributed by atoms with E-state index in [4.69, 9.17) is 23.2 Å². The molecule has 0 spiro atoms. The molecule has 2 aromatic rings. The zero-order valence-electron chi connectivity index (χ0n) is 11.2. The molecule has 0 saturated carbocycles. The van der Waals surface area contributed by atoms with E-state index in [1.807, 2.05) is 42.9 Å². The van der Waals surface area contributed by atoms with Crippen molar-refractivity contribution in [3.8, 4) is 0 Å². The molecule has 5 heteroatoms. The van der Waals surface area contributed by atoms with Crippen LogP contribution >= 0.6 is 23.2 Å². The van der Waals surface area contributed by atoms with Crippen LogP contribution in [0.1, 0.15) is 29.9 Å². The highest BCUT2D eigenvalue weighted by atomic mass is 35.5. The maximum atomic E-state index is 6.23. The topological polar surface area (TPSA) is 29.9 Å². The second kappa shape index (κ2) is 5.95. The van der Waals surface area contributed by atoms with E-state index in [9.17, 15) is 0 Å². The molecule has 2 rings (SSSR count). The average Bonchev–Trinajstić information content (AvgIpc) is 2.61. The lowest BCUT2D eigenvalue weighted by Gasteiger charge is -2.15. The third-order valence-corrected chi connectivity index (χ3v) is 4.04. The SMILES string of the molecule is Cc1nn(C)c(CNC(C)c2ccccc2Cl)c1Cl. The molecule has 1 aromatic carbocycles. The van der Waals surface area contributed by atoms with Gasteiger partial charge in [-0.15, -0.1) is 0 Å². The molecule has 1 aromatic heterocycles. The Labute approximate surface area is 123 Å². The van der Waals surface area contributed by atoms with Crippen LogP contribution in [0.15, 0.2) is 24.3 Å². The number of nitrogens with zero attached hydrogens (tertiary/aromatic N) is 2. The molecule has 0 aliphatic carbocycles. The highest BCUT2D eigenvalue weighted by molar-refractivity contribution is 6.32. The van der Waals surface area contributed by atoms with E-state index in [0.717, 1.165) is 27.0 Å². The van der Waals surface area contributed by atoms with E-state index in [1.54, 1.807) is 0 Å². The van der Waals surface area contributed by atoms with Crippen molar-refractivity contribution in [3.05, 3.63) is 51.3 Å². The molecule has 0 aliphatic heterocycles. The van der Waals surface area contributed by atoms with Crippen molar-refractivity contribution in [1.29, 1.82) is 0 Å². The minimum atomic E-state index is 0.153. The first-order chi connectivity index (χ1) is 9.00. The Morgan fingerprint density at radius 1 is 1.32 bits per heavy atom. The fourth-order valence-electron chi connectivity index (χ4n) is 2.06. The Kier molecular flexibility index (Phi) is 4.50. The molecule has 1 heterocycles. The Hall–Kier alpha value is -1.03. The molecule has 0 fully saturated rings. The fourth-order valence-corrected chi connectivity index (χ4v) is 2.58. The third-order valence-electron chi connectivity index (χ3n) is 3.21. The third kappa shape index (κ3) is 3.11. The molecule has 1 N–H and O–H groups in total. The van der Waals surface area contributed by atoms with Gasteiger partial charge in [0.2, 0.25) is 0 Å². The molecule has 102 valence electrons. The second-order valence-corrected chi connectivity index (χ2v) is 5.38. The van der Waals surface area contributed by atoms with Crippen LogP contribution < -0.4 is 5.32 Å². The number of hydrogen-bond donors (Lipinski definition) is 1. The summed E-state index contributed by atoms with van der Waals surface area (Å²) in [6.45, 7) is 4.64. The number of aryl methyl sites for hydroxylation is 2. The number of benzene rings is 1. The number of nitrogens with one attached hydrogen (secondary N) is 1. The first kappa shape index (κ1) is 14.4. The summed E-state index contributed by atoms with van der Waals surface area (Å²) in [5, 5.41) is 9.22. The van der Waals surface area contributed by atoms with Crippen molar-refractivity contribution in [2.24, 2.45) is 7.05 Å². The van der Waals surface area contributed by atoms with E-state index in [1.165, 1.54) is 0 Å². The van der Waals surface area contributed by atoms with Crippen molar-refractivity contribution in [3.63, 3.8) is 0 Å². The second-order valence-electron chi connectivity index (χ2n) is 4.59. The minimum Gasteiger partial charge on any atom is -0.304 e. The molecule has 0 saturated heterocycles. The normalized spacial score (nSPS) is 12.7. The summed E-state index contributed by atoms with van der Waals surface area (Å²) in [4.78, 5) is 0. The van der Waals surface area contributed by atoms with E-state index < -0.39 is 0 Å². The lowest BCUT2D eigenvalue weighted by atomic mass is 10.1. The molecule has 0 bridgehead atoms. The van der Waals surface area contributed by atoms with Crippen LogP contribution in [0.4, 0.5) is 0 Å². The molecular weight excluding hydrogens is 281 g/mol. The van der Waals surface area contributed by atoms with Gasteiger partial charge >= 0.3 is 0 Å². The van der Waals surface area contributed by atoms with E-state index in [-0.39, 0.29) is 6.04 Å². The van der Waals surface area contributed by atoms with Crippen molar-refractivity contribution in [2.45, 2.75) is 26.4 Å². The van der Waals surface area contributed by atoms with Crippen LogP contribution in [-0.2, 0) is 13.6 Å². The monoisotopic (exact) mass is 297 g/mol. The van der Waals surface area contributed by atoms with Gasteiger partial charge in [-0.3, -0.25) is 4.68 Å².